The number of benzene rings is 2. The molecule has 4 aromatic rings. The molecule has 0 aliphatic heterocycles. The number of nitrogens with zero attached hydrogens (tertiary/aromatic N) is 2. The van der Waals surface area contributed by atoms with Crippen molar-refractivity contribution in [3.63, 3.8) is 0 Å². The van der Waals surface area contributed by atoms with Gasteiger partial charge in [-0.3, -0.25) is 14.2 Å². The van der Waals surface area contributed by atoms with Crippen LogP contribution in [0.2, 0.25) is 0 Å². The molecule has 0 aliphatic carbocycles. The summed E-state index contributed by atoms with van der Waals surface area (Å²) in [5, 5.41) is 0.600. The Bertz CT molecular complexity index is 1180. The van der Waals surface area contributed by atoms with Crippen molar-refractivity contribution in [2.24, 2.45) is 5.73 Å². The van der Waals surface area contributed by atoms with Crippen molar-refractivity contribution < 1.29 is 4.79 Å². The number of thiophene rings is 1. The van der Waals surface area contributed by atoms with E-state index in [2.05, 4.69) is 0 Å². The number of rotatable bonds is 6. The molecule has 1 amide bonds. The van der Waals surface area contributed by atoms with Gasteiger partial charge >= 0.3 is 0 Å². The summed E-state index contributed by atoms with van der Waals surface area (Å²) in [7, 11) is 0. The molecule has 0 fully saturated rings. The van der Waals surface area contributed by atoms with Gasteiger partial charge in [0.1, 0.15) is 10.7 Å². The molecule has 0 aliphatic rings. The molecule has 2 heterocycles. The Kier molecular flexibility index (Phi) is 5.04. The molecule has 6 heteroatoms. The highest BCUT2D eigenvalue weighted by molar-refractivity contribution is 7.21. The number of carbonyl (C=O) groups is 1. The Morgan fingerprint density at radius 3 is 2.29 bits per heavy atom. The van der Waals surface area contributed by atoms with Crippen molar-refractivity contribution >= 4 is 27.5 Å². The second-order valence-electron chi connectivity index (χ2n) is 6.52. The third-order valence-electron chi connectivity index (χ3n) is 4.55. The van der Waals surface area contributed by atoms with Crippen LogP contribution in [-0.2, 0) is 11.3 Å². The van der Waals surface area contributed by atoms with Crippen molar-refractivity contribution in [2.75, 3.05) is 0 Å². The lowest BCUT2D eigenvalue weighted by Gasteiger charge is -2.12. The van der Waals surface area contributed by atoms with E-state index in [1.807, 2.05) is 66.7 Å². The maximum atomic E-state index is 13.3. The largest absolute Gasteiger partial charge is 0.370 e. The number of primary amides is 1. The maximum Gasteiger partial charge on any atom is 0.262 e. The van der Waals surface area contributed by atoms with Gasteiger partial charge in [-0.2, -0.15) is 0 Å². The second-order valence-corrected chi connectivity index (χ2v) is 7.55. The Hall–Kier alpha value is -3.25. The van der Waals surface area contributed by atoms with Gasteiger partial charge in [0.05, 0.1) is 5.39 Å². The van der Waals surface area contributed by atoms with Gasteiger partial charge in [-0.05, 0) is 18.1 Å². The molecule has 0 radical (unpaired) electrons. The zero-order chi connectivity index (χ0) is 19.5. The van der Waals surface area contributed by atoms with Crippen LogP contribution in [0.25, 0.3) is 32.0 Å². The van der Waals surface area contributed by atoms with Crippen molar-refractivity contribution in [3.8, 4) is 21.8 Å². The lowest BCUT2D eigenvalue weighted by molar-refractivity contribution is -0.118. The Morgan fingerprint density at radius 1 is 1.00 bits per heavy atom. The van der Waals surface area contributed by atoms with E-state index in [0.29, 0.717) is 29.0 Å². The minimum Gasteiger partial charge on any atom is -0.370 e. The normalized spacial score (nSPS) is 11.0. The standard InChI is InChI=1S/C22H19N3O2S/c23-19(26)12-7-13-25-20(16-10-5-2-6-11-16)24-21-17(22(25)27)14-18(28-21)15-8-3-1-4-9-15/h1-6,8-11,14H,7,12-13H2,(H2,23,26). The smallest absolute Gasteiger partial charge is 0.262 e. The van der Waals surface area contributed by atoms with Crippen LogP contribution in [0, 0.1) is 0 Å². The zero-order valence-electron chi connectivity index (χ0n) is 15.2. The second kappa shape index (κ2) is 7.78. The predicted octanol–water partition coefficient (Wildman–Crippen LogP) is 4.06. The van der Waals surface area contributed by atoms with E-state index in [9.17, 15) is 9.59 Å². The first-order chi connectivity index (χ1) is 13.6. The summed E-state index contributed by atoms with van der Waals surface area (Å²) >= 11 is 1.51. The van der Waals surface area contributed by atoms with Gasteiger partial charge in [-0.25, -0.2) is 4.98 Å². The maximum absolute atomic E-state index is 13.3. The van der Waals surface area contributed by atoms with Gasteiger partial charge < -0.3 is 5.73 Å². The van der Waals surface area contributed by atoms with Gasteiger partial charge in [0.25, 0.3) is 5.56 Å². The van der Waals surface area contributed by atoms with E-state index in [1.165, 1.54) is 11.3 Å². The first-order valence-electron chi connectivity index (χ1n) is 9.07. The van der Waals surface area contributed by atoms with Gasteiger partial charge in [-0.1, -0.05) is 60.7 Å². The van der Waals surface area contributed by atoms with E-state index in [-0.39, 0.29) is 17.9 Å². The Balaban J connectivity index is 1.87. The average molecular weight is 389 g/mol. The fraction of sp³-hybridized carbons (Fsp3) is 0.136. The average Bonchev–Trinajstić information content (AvgIpc) is 3.15. The monoisotopic (exact) mass is 389 g/mol. The zero-order valence-corrected chi connectivity index (χ0v) is 16.0. The van der Waals surface area contributed by atoms with Gasteiger partial charge in [0, 0.05) is 23.4 Å². The minimum atomic E-state index is -0.370. The molecule has 2 aromatic carbocycles. The minimum absolute atomic E-state index is 0.0910. The molecule has 2 N–H and O–H groups in total. The summed E-state index contributed by atoms with van der Waals surface area (Å²) < 4.78 is 1.65. The SMILES string of the molecule is NC(=O)CCCn1c(-c2ccccc2)nc2sc(-c3ccccc3)cc2c1=O. The number of fused-ring (bicyclic) bond motifs is 1. The topological polar surface area (TPSA) is 78.0 Å². The molecule has 28 heavy (non-hydrogen) atoms. The summed E-state index contributed by atoms with van der Waals surface area (Å²) in [6.45, 7) is 0.394. The van der Waals surface area contributed by atoms with Crippen LogP contribution < -0.4 is 11.3 Å². The molecule has 0 saturated heterocycles. The third kappa shape index (κ3) is 3.59. The quantitative estimate of drug-likeness (QED) is 0.540. The number of nitrogens with two attached hydrogens (primary N) is 1. The van der Waals surface area contributed by atoms with E-state index >= 15 is 0 Å². The fourth-order valence-electron chi connectivity index (χ4n) is 3.19. The van der Waals surface area contributed by atoms with Crippen molar-refractivity contribution in [3.05, 3.63) is 77.1 Å². The first-order valence-corrected chi connectivity index (χ1v) is 9.88. The highest BCUT2D eigenvalue weighted by Gasteiger charge is 2.16. The highest BCUT2D eigenvalue weighted by Crippen LogP contribution is 2.32. The third-order valence-corrected chi connectivity index (χ3v) is 5.62. The molecular formula is C22H19N3O2S. The van der Waals surface area contributed by atoms with Crippen LogP contribution in [0.3, 0.4) is 0 Å². The summed E-state index contributed by atoms with van der Waals surface area (Å²) in [6.07, 6.45) is 0.732. The van der Waals surface area contributed by atoms with Gasteiger partial charge in [0.2, 0.25) is 5.91 Å². The molecule has 4 rings (SSSR count). The molecule has 2 aromatic heterocycles. The number of hydrogen-bond donors (Lipinski definition) is 1. The molecule has 140 valence electrons. The van der Waals surface area contributed by atoms with Crippen LogP contribution in [0.5, 0.6) is 0 Å². The Labute approximate surface area is 166 Å². The van der Waals surface area contributed by atoms with Crippen molar-refractivity contribution in [2.45, 2.75) is 19.4 Å². The first kappa shape index (κ1) is 18.1. The molecule has 0 spiro atoms. The number of hydrogen-bond acceptors (Lipinski definition) is 4. The summed E-state index contributed by atoms with van der Waals surface area (Å²) in [4.78, 5) is 30.9. The van der Waals surface area contributed by atoms with Crippen LogP contribution in [0.1, 0.15) is 12.8 Å². The molecule has 0 bridgehead atoms. The van der Waals surface area contributed by atoms with E-state index < -0.39 is 0 Å². The lowest BCUT2D eigenvalue weighted by atomic mass is 10.1. The van der Waals surface area contributed by atoms with E-state index in [4.69, 9.17) is 10.7 Å². The van der Waals surface area contributed by atoms with Crippen LogP contribution in [-0.4, -0.2) is 15.5 Å². The highest BCUT2D eigenvalue weighted by atomic mass is 32.1. The van der Waals surface area contributed by atoms with Crippen molar-refractivity contribution in [1.29, 1.82) is 0 Å². The predicted molar refractivity (Wildman–Crippen MR) is 113 cm³/mol. The molecule has 0 atom stereocenters. The number of carbonyl (C=O) groups excluding carboxylic acids is 1. The summed E-state index contributed by atoms with van der Waals surface area (Å²) in [5.41, 5.74) is 7.10. The van der Waals surface area contributed by atoms with E-state index in [0.717, 1.165) is 16.0 Å². The molecular weight excluding hydrogens is 370 g/mol. The lowest BCUT2D eigenvalue weighted by Crippen LogP contribution is -2.24. The van der Waals surface area contributed by atoms with E-state index in [1.54, 1.807) is 4.57 Å². The molecule has 0 unspecified atom stereocenters. The molecule has 5 nitrogen and oxygen atoms in total. The van der Waals surface area contributed by atoms with Gasteiger partial charge in [0.15, 0.2) is 0 Å². The van der Waals surface area contributed by atoms with Crippen molar-refractivity contribution in [1.82, 2.24) is 9.55 Å². The number of amides is 1. The van der Waals surface area contributed by atoms with Gasteiger partial charge in [-0.15, -0.1) is 11.3 Å². The summed E-state index contributed by atoms with van der Waals surface area (Å²) in [6, 6.07) is 21.5. The fourth-order valence-corrected chi connectivity index (χ4v) is 4.21. The van der Waals surface area contributed by atoms with Crippen LogP contribution in [0.15, 0.2) is 71.5 Å². The Morgan fingerprint density at radius 2 is 1.64 bits per heavy atom. The molecule has 0 saturated carbocycles. The van der Waals surface area contributed by atoms with Crippen LogP contribution >= 0.6 is 11.3 Å². The van der Waals surface area contributed by atoms with Crippen LogP contribution in [0.4, 0.5) is 0 Å². The number of aromatic nitrogens is 2. The summed E-state index contributed by atoms with van der Waals surface area (Å²) in [5.74, 6) is 0.245.